The third-order valence-corrected chi connectivity index (χ3v) is 2.58. The molecule has 0 aliphatic carbocycles. The molecule has 2 aromatic rings. The van der Waals surface area contributed by atoms with Crippen LogP contribution in [0.1, 0.15) is 16.1 Å². The van der Waals surface area contributed by atoms with Crippen molar-refractivity contribution in [2.45, 2.75) is 6.61 Å². The first-order valence-corrected chi connectivity index (χ1v) is 5.10. The molecule has 0 amide bonds. The first kappa shape index (κ1) is 11.6. The van der Waals surface area contributed by atoms with Gasteiger partial charge >= 0.3 is 5.97 Å². The predicted octanol–water partition coefficient (Wildman–Crippen LogP) is 2.19. The van der Waals surface area contributed by atoms with E-state index in [4.69, 9.17) is 26.3 Å². The Bertz CT molecular complexity index is 564. The Labute approximate surface area is 101 Å². The van der Waals surface area contributed by atoms with Crippen molar-refractivity contribution >= 4 is 17.6 Å². The van der Waals surface area contributed by atoms with Crippen molar-refractivity contribution in [1.29, 1.82) is 0 Å². The molecule has 6 heteroatoms. The Hall–Kier alpha value is -1.85. The van der Waals surface area contributed by atoms with E-state index in [2.05, 4.69) is 5.16 Å². The number of rotatable bonds is 3. The van der Waals surface area contributed by atoms with Crippen molar-refractivity contribution in [3.8, 4) is 11.3 Å². The molecule has 0 saturated heterocycles. The van der Waals surface area contributed by atoms with E-state index in [0.717, 1.165) is 0 Å². The molecule has 0 aliphatic heterocycles. The number of aliphatic hydroxyl groups excluding tert-OH is 1. The van der Waals surface area contributed by atoms with Crippen molar-refractivity contribution in [2.24, 2.45) is 0 Å². The summed E-state index contributed by atoms with van der Waals surface area (Å²) in [6.45, 7) is -0.529. The monoisotopic (exact) mass is 253 g/mol. The number of aliphatic hydroxyl groups is 1. The van der Waals surface area contributed by atoms with Gasteiger partial charge in [-0.2, -0.15) is 0 Å². The molecular formula is C11H8ClNO4. The Balaban J connectivity index is 2.64. The van der Waals surface area contributed by atoms with Gasteiger partial charge in [-0.1, -0.05) is 35.0 Å². The van der Waals surface area contributed by atoms with Gasteiger partial charge in [-0.25, -0.2) is 4.79 Å². The molecule has 1 aromatic heterocycles. The molecule has 17 heavy (non-hydrogen) atoms. The number of carbonyl (C=O) groups is 1. The maximum atomic E-state index is 11.1. The van der Waals surface area contributed by atoms with Crippen molar-refractivity contribution in [3.05, 3.63) is 40.6 Å². The topological polar surface area (TPSA) is 83.6 Å². The standard InChI is InChI=1S/C11H8ClNO4/c12-7-4-2-1-3-6(7)10-9(11(15)16)8(5-14)17-13-10/h1-4,14H,5H2,(H,15,16). The molecule has 1 heterocycles. The molecule has 1 aromatic carbocycles. The number of hydrogen-bond donors (Lipinski definition) is 2. The lowest BCUT2D eigenvalue weighted by molar-refractivity contribution is 0.0691. The Morgan fingerprint density at radius 1 is 1.41 bits per heavy atom. The van der Waals surface area contributed by atoms with Crippen LogP contribution in [-0.2, 0) is 6.61 Å². The summed E-state index contributed by atoms with van der Waals surface area (Å²) in [5, 5.41) is 22.0. The number of aromatic nitrogens is 1. The summed E-state index contributed by atoms with van der Waals surface area (Å²) in [7, 11) is 0. The second-order valence-corrected chi connectivity index (χ2v) is 3.68. The summed E-state index contributed by atoms with van der Waals surface area (Å²) in [4.78, 5) is 11.1. The summed E-state index contributed by atoms with van der Waals surface area (Å²) >= 11 is 5.95. The largest absolute Gasteiger partial charge is 0.477 e. The SMILES string of the molecule is O=C(O)c1c(-c2ccccc2Cl)noc1CO. The summed E-state index contributed by atoms with van der Waals surface area (Å²) in [6, 6.07) is 6.68. The quantitative estimate of drug-likeness (QED) is 0.876. The normalized spacial score (nSPS) is 10.5. The third kappa shape index (κ3) is 2.02. The number of halogens is 1. The van der Waals surface area contributed by atoms with Gasteiger partial charge in [0.25, 0.3) is 0 Å². The lowest BCUT2D eigenvalue weighted by Gasteiger charge is -2.00. The predicted molar refractivity (Wildman–Crippen MR) is 59.8 cm³/mol. The lowest BCUT2D eigenvalue weighted by atomic mass is 10.1. The number of hydrogen-bond acceptors (Lipinski definition) is 4. The molecular weight excluding hydrogens is 246 g/mol. The Morgan fingerprint density at radius 2 is 2.12 bits per heavy atom. The molecule has 0 saturated carbocycles. The number of nitrogens with zero attached hydrogens (tertiary/aromatic N) is 1. The summed E-state index contributed by atoms with van der Waals surface area (Å²) < 4.78 is 4.78. The summed E-state index contributed by atoms with van der Waals surface area (Å²) in [6.07, 6.45) is 0. The van der Waals surface area contributed by atoms with Crippen molar-refractivity contribution < 1.29 is 19.5 Å². The zero-order valence-electron chi connectivity index (χ0n) is 8.55. The maximum Gasteiger partial charge on any atom is 0.341 e. The van der Waals surface area contributed by atoms with E-state index >= 15 is 0 Å². The zero-order chi connectivity index (χ0) is 12.4. The number of aromatic carboxylic acids is 1. The highest BCUT2D eigenvalue weighted by atomic mass is 35.5. The van der Waals surface area contributed by atoms with E-state index in [1.807, 2.05) is 0 Å². The molecule has 0 atom stereocenters. The highest BCUT2D eigenvalue weighted by Gasteiger charge is 2.23. The Morgan fingerprint density at radius 3 is 2.71 bits per heavy atom. The van der Waals surface area contributed by atoms with Crippen molar-refractivity contribution in [3.63, 3.8) is 0 Å². The molecule has 88 valence electrons. The molecule has 2 rings (SSSR count). The van der Waals surface area contributed by atoms with Crippen LogP contribution in [0.4, 0.5) is 0 Å². The van der Waals surface area contributed by atoms with Crippen LogP contribution in [0.25, 0.3) is 11.3 Å². The van der Waals surface area contributed by atoms with Gasteiger partial charge in [0, 0.05) is 5.56 Å². The minimum atomic E-state index is -1.22. The van der Waals surface area contributed by atoms with Crippen LogP contribution in [0.3, 0.4) is 0 Å². The van der Waals surface area contributed by atoms with Gasteiger partial charge in [-0.3, -0.25) is 0 Å². The summed E-state index contributed by atoms with van der Waals surface area (Å²) in [5.41, 5.74) is 0.405. The molecule has 0 spiro atoms. The number of carboxylic acids is 1. The maximum absolute atomic E-state index is 11.1. The van der Waals surface area contributed by atoms with Crippen molar-refractivity contribution in [1.82, 2.24) is 5.16 Å². The molecule has 0 unspecified atom stereocenters. The van der Waals surface area contributed by atoms with Crippen LogP contribution in [0, 0.1) is 0 Å². The lowest BCUT2D eigenvalue weighted by Crippen LogP contribution is -2.01. The second kappa shape index (κ2) is 4.57. The van der Waals surface area contributed by atoms with Gasteiger partial charge < -0.3 is 14.7 Å². The fourth-order valence-corrected chi connectivity index (χ4v) is 1.71. The molecule has 0 radical (unpaired) electrons. The number of carboxylic acid groups (broad SMARTS) is 1. The fourth-order valence-electron chi connectivity index (χ4n) is 1.49. The van der Waals surface area contributed by atoms with Gasteiger partial charge in [0.15, 0.2) is 5.76 Å². The van der Waals surface area contributed by atoms with Crippen LogP contribution >= 0.6 is 11.6 Å². The van der Waals surface area contributed by atoms with Crippen LogP contribution in [0.5, 0.6) is 0 Å². The van der Waals surface area contributed by atoms with E-state index in [0.29, 0.717) is 10.6 Å². The highest BCUT2D eigenvalue weighted by Crippen LogP contribution is 2.31. The average molecular weight is 254 g/mol. The third-order valence-electron chi connectivity index (χ3n) is 2.25. The zero-order valence-corrected chi connectivity index (χ0v) is 9.31. The van der Waals surface area contributed by atoms with Crippen LogP contribution in [0.2, 0.25) is 5.02 Å². The highest BCUT2D eigenvalue weighted by molar-refractivity contribution is 6.33. The van der Waals surface area contributed by atoms with Gasteiger partial charge in [-0.15, -0.1) is 0 Å². The van der Waals surface area contributed by atoms with Gasteiger partial charge in [0.2, 0.25) is 0 Å². The first-order chi connectivity index (χ1) is 8.15. The minimum absolute atomic E-state index is 0.0904. The molecule has 5 nitrogen and oxygen atoms in total. The van der Waals surface area contributed by atoms with Crippen LogP contribution < -0.4 is 0 Å². The van der Waals surface area contributed by atoms with E-state index < -0.39 is 12.6 Å². The summed E-state index contributed by atoms with van der Waals surface area (Å²) in [5.74, 6) is -1.31. The average Bonchev–Trinajstić information content (AvgIpc) is 2.73. The van der Waals surface area contributed by atoms with Gasteiger partial charge in [0.1, 0.15) is 17.9 Å². The molecule has 0 aliphatic rings. The Kier molecular flexibility index (Phi) is 3.12. The molecule has 0 bridgehead atoms. The number of benzene rings is 1. The smallest absolute Gasteiger partial charge is 0.341 e. The molecule has 0 fully saturated rings. The first-order valence-electron chi connectivity index (χ1n) is 4.72. The van der Waals surface area contributed by atoms with E-state index in [-0.39, 0.29) is 17.0 Å². The second-order valence-electron chi connectivity index (χ2n) is 3.27. The minimum Gasteiger partial charge on any atom is -0.477 e. The van der Waals surface area contributed by atoms with Crippen LogP contribution in [0.15, 0.2) is 28.8 Å². The van der Waals surface area contributed by atoms with E-state index in [9.17, 15) is 4.79 Å². The molecule has 2 N–H and O–H groups in total. The van der Waals surface area contributed by atoms with Gasteiger partial charge in [0.05, 0.1) is 5.02 Å². The van der Waals surface area contributed by atoms with Crippen LogP contribution in [-0.4, -0.2) is 21.3 Å². The van der Waals surface area contributed by atoms with Gasteiger partial charge in [-0.05, 0) is 6.07 Å². The van der Waals surface area contributed by atoms with Crippen molar-refractivity contribution in [2.75, 3.05) is 0 Å². The fraction of sp³-hybridized carbons (Fsp3) is 0.0909. The van der Waals surface area contributed by atoms with E-state index in [1.54, 1.807) is 24.3 Å². The van der Waals surface area contributed by atoms with E-state index in [1.165, 1.54) is 0 Å².